The summed E-state index contributed by atoms with van der Waals surface area (Å²) < 4.78 is 0. The summed E-state index contributed by atoms with van der Waals surface area (Å²) in [6.07, 6.45) is -0.941. The van der Waals surface area contributed by atoms with Crippen LogP contribution in [0, 0.1) is 4.91 Å². The number of nitrogens with zero attached hydrogens (tertiary/aromatic N) is 2. The van der Waals surface area contributed by atoms with Gasteiger partial charge in [-0.2, -0.15) is 0 Å². The van der Waals surface area contributed by atoms with Crippen molar-refractivity contribution >= 4 is 0 Å². The molecule has 0 bridgehead atoms. The second kappa shape index (κ2) is 5.32. The van der Waals surface area contributed by atoms with Crippen molar-refractivity contribution in [2.45, 2.75) is 13.0 Å². The fourth-order valence-electron chi connectivity index (χ4n) is 1.27. The van der Waals surface area contributed by atoms with Gasteiger partial charge in [0.25, 0.3) is 0 Å². The summed E-state index contributed by atoms with van der Waals surface area (Å²) in [6, 6.07) is 4.00. The number of rotatable bonds is 5. The van der Waals surface area contributed by atoms with E-state index in [1.807, 2.05) is 0 Å². The van der Waals surface area contributed by atoms with Crippen LogP contribution in [0.2, 0.25) is 0 Å². The third-order valence-electron chi connectivity index (χ3n) is 2.25. The molecule has 1 aromatic carbocycles. The van der Waals surface area contributed by atoms with E-state index in [-0.39, 0.29) is 18.0 Å². The van der Waals surface area contributed by atoms with Crippen molar-refractivity contribution < 1.29 is 15.3 Å². The van der Waals surface area contributed by atoms with Gasteiger partial charge < -0.3 is 15.3 Å². The lowest BCUT2D eigenvalue weighted by atomic mass is 10.1. The van der Waals surface area contributed by atoms with Gasteiger partial charge in [0, 0.05) is 6.54 Å². The number of aromatic hydroxyl groups is 2. The van der Waals surface area contributed by atoms with Gasteiger partial charge in [0.2, 0.25) is 0 Å². The van der Waals surface area contributed by atoms with E-state index in [1.165, 1.54) is 18.2 Å². The highest BCUT2D eigenvalue weighted by molar-refractivity contribution is 5.41. The number of benzene rings is 1. The lowest BCUT2D eigenvalue weighted by molar-refractivity contribution is 0.117. The molecule has 0 radical (unpaired) electrons. The summed E-state index contributed by atoms with van der Waals surface area (Å²) in [4.78, 5) is 10.3. The van der Waals surface area contributed by atoms with E-state index < -0.39 is 6.10 Å². The maximum absolute atomic E-state index is 10.3. The van der Waals surface area contributed by atoms with Gasteiger partial charge in [0.15, 0.2) is 11.5 Å². The van der Waals surface area contributed by atoms with Crippen LogP contribution in [0.15, 0.2) is 23.5 Å². The van der Waals surface area contributed by atoms with Gasteiger partial charge in [0.05, 0.1) is 17.9 Å². The van der Waals surface area contributed by atoms with Crippen LogP contribution < -0.4 is 0 Å². The highest BCUT2D eigenvalue weighted by Gasteiger charge is 2.13. The number of nitroso groups, excluding NO2 is 1. The smallest absolute Gasteiger partial charge is 0.157 e. The average Bonchev–Trinajstić information content (AvgIpc) is 2.29. The van der Waals surface area contributed by atoms with Crippen molar-refractivity contribution in [2.75, 3.05) is 13.1 Å². The predicted molar refractivity (Wildman–Crippen MR) is 57.8 cm³/mol. The maximum atomic E-state index is 10.3. The summed E-state index contributed by atoms with van der Waals surface area (Å²) >= 11 is 0. The van der Waals surface area contributed by atoms with E-state index in [9.17, 15) is 15.1 Å². The van der Waals surface area contributed by atoms with Crippen LogP contribution in [0.5, 0.6) is 11.5 Å². The molecule has 0 fully saturated rings. The molecular formula is C10H14N2O4. The molecule has 1 aromatic rings. The van der Waals surface area contributed by atoms with E-state index in [0.717, 1.165) is 5.01 Å². The van der Waals surface area contributed by atoms with Gasteiger partial charge in [-0.25, -0.2) is 0 Å². The highest BCUT2D eigenvalue weighted by atomic mass is 16.3. The first-order valence-electron chi connectivity index (χ1n) is 4.86. The zero-order valence-corrected chi connectivity index (χ0v) is 8.87. The number of hydrogen-bond donors (Lipinski definition) is 3. The number of aliphatic hydroxyl groups is 1. The summed E-state index contributed by atoms with van der Waals surface area (Å²) in [6.45, 7) is 2.18. The lowest BCUT2D eigenvalue weighted by Gasteiger charge is -2.17. The largest absolute Gasteiger partial charge is 0.504 e. The molecule has 0 saturated carbocycles. The molecule has 0 saturated heterocycles. The monoisotopic (exact) mass is 226 g/mol. The van der Waals surface area contributed by atoms with Crippen molar-refractivity contribution in [1.82, 2.24) is 5.01 Å². The quantitative estimate of drug-likeness (QED) is 0.397. The average molecular weight is 226 g/mol. The molecule has 16 heavy (non-hydrogen) atoms. The second-order valence-electron chi connectivity index (χ2n) is 3.35. The highest BCUT2D eigenvalue weighted by Crippen LogP contribution is 2.28. The Morgan fingerprint density at radius 2 is 2.06 bits per heavy atom. The lowest BCUT2D eigenvalue weighted by Crippen LogP contribution is -2.22. The minimum Gasteiger partial charge on any atom is -0.504 e. The Labute approximate surface area is 92.7 Å². The Hall–Kier alpha value is -1.82. The molecule has 0 heterocycles. The fraction of sp³-hybridized carbons (Fsp3) is 0.400. The zero-order valence-electron chi connectivity index (χ0n) is 8.87. The van der Waals surface area contributed by atoms with Crippen LogP contribution >= 0.6 is 0 Å². The Morgan fingerprint density at radius 1 is 1.38 bits per heavy atom. The van der Waals surface area contributed by atoms with Crippen molar-refractivity contribution in [3.05, 3.63) is 28.7 Å². The molecule has 0 spiro atoms. The standard InChI is InChI=1S/C10H14N2O4/c1-2-12(11-16)6-10(15)7-3-4-8(13)9(14)5-7/h3-5,10,13-15H,2,6H2,1H3. The number of aliphatic hydroxyl groups excluding tert-OH is 1. The third-order valence-corrected chi connectivity index (χ3v) is 2.25. The SMILES string of the molecule is CCN(CC(O)c1ccc(O)c(O)c1)N=O. The molecule has 88 valence electrons. The first kappa shape index (κ1) is 12.3. The van der Waals surface area contributed by atoms with E-state index >= 15 is 0 Å². The van der Waals surface area contributed by atoms with Gasteiger partial charge in [0.1, 0.15) is 0 Å². The van der Waals surface area contributed by atoms with E-state index in [1.54, 1.807) is 6.92 Å². The molecule has 0 aliphatic carbocycles. The molecule has 1 rings (SSSR count). The maximum Gasteiger partial charge on any atom is 0.157 e. The van der Waals surface area contributed by atoms with Crippen LogP contribution in [0.3, 0.4) is 0 Å². The van der Waals surface area contributed by atoms with E-state index in [0.29, 0.717) is 12.1 Å². The van der Waals surface area contributed by atoms with Crippen molar-refractivity contribution in [1.29, 1.82) is 0 Å². The molecule has 0 amide bonds. The van der Waals surface area contributed by atoms with Gasteiger partial charge in [-0.1, -0.05) is 6.07 Å². The summed E-state index contributed by atoms with van der Waals surface area (Å²) in [7, 11) is 0. The Balaban J connectivity index is 2.76. The van der Waals surface area contributed by atoms with Crippen LogP contribution in [0.25, 0.3) is 0 Å². The van der Waals surface area contributed by atoms with Crippen molar-refractivity contribution in [2.24, 2.45) is 5.29 Å². The normalized spacial score (nSPS) is 12.1. The van der Waals surface area contributed by atoms with E-state index in [4.69, 9.17) is 5.11 Å². The third kappa shape index (κ3) is 2.83. The number of phenols is 2. The van der Waals surface area contributed by atoms with Gasteiger partial charge in [-0.15, -0.1) is 4.91 Å². The van der Waals surface area contributed by atoms with Gasteiger partial charge in [-0.3, -0.25) is 5.01 Å². The number of likely N-dealkylation sites (N-methyl/N-ethyl adjacent to an activating group) is 1. The van der Waals surface area contributed by atoms with Crippen molar-refractivity contribution in [3.63, 3.8) is 0 Å². The second-order valence-corrected chi connectivity index (χ2v) is 3.35. The summed E-state index contributed by atoms with van der Waals surface area (Å²) in [5.74, 6) is -0.560. The summed E-state index contributed by atoms with van der Waals surface area (Å²) in [5, 5.41) is 31.9. The Kier molecular flexibility index (Phi) is 4.07. The number of hydrogen-bond acceptors (Lipinski definition) is 5. The van der Waals surface area contributed by atoms with Crippen LogP contribution in [0.1, 0.15) is 18.6 Å². The first-order chi connectivity index (χ1) is 7.58. The number of phenolic OH excluding ortho intramolecular Hbond substituents is 2. The first-order valence-corrected chi connectivity index (χ1v) is 4.86. The molecule has 6 heteroatoms. The molecule has 0 aliphatic heterocycles. The molecule has 1 unspecified atom stereocenters. The molecule has 0 aliphatic rings. The van der Waals surface area contributed by atoms with Gasteiger partial charge >= 0.3 is 0 Å². The Bertz CT molecular complexity index is 370. The molecule has 0 aromatic heterocycles. The van der Waals surface area contributed by atoms with E-state index in [2.05, 4.69) is 5.29 Å². The predicted octanol–water partition coefficient (Wildman–Crippen LogP) is 1.13. The minimum absolute atomic E-state index is 0.0458. The van der Waals surface area contributed by atoms with Gasteiger partial charge in [-0.05, 0) is 24.6 Å². The molecule has 6 nitrogen and oxygen atoms in total. The van der Waals surface area contributed by atoms with Crippen molar-refractivity contribution in [3.8, 4) is 11.5 Å². The van der Waals surface area contributed by atoms with Crippen LogP contribution in [-0.4, -0.2) is 33.4 Å². The topological polar surface area (TPSA) is 93.4 Å². The minimum atomic E-state index is -0.941. The molecule has 1 atom stereocenters. The zero-order chi connectivity index (χ0) is 12.1. The fourth-order valence-corrected chi connectivity index (χ4v) is 1.27. The molecular weight excluding hydrogens is 212 g/mol. The molecule has 3 N–H and O–H groups in total. The van der Waals surface area contributed by atoms with Crippen LogP contribution in [-0.2, 0) is 0 Å². The van der Waals surface area contributed by atoms with Crippen LogP contribution in [0.4, 0.5) is 0 Å². The summed E-state index contributed by atoms with van der Waals surface area (Å²) in [5.41, 5.74) is 0.414. The Morgan fingerprint density at radius 3 is 2.56 bits per heavy atom.